The molecular formula is C15H22N2O. The Morgan fingerprint density at radius 3 is 2.39 bits per heavy atom. The number of carbonyl (C=O) groups excluding carboxylic acids is 1. The number of nitrogens with zero attached hydrogens (tertiary/aromatic N) is 1. The zero-order valence-electron chi connectivity index (χ0n) is 11.3. The van der Waals surface area contributed by atoms with Gasteiger partial charge in [0.25, 0.3) is 5.91 Å². The van der Waals surface area contributed by atoms with Crippen LogP contribution in [0, 0.1) is 13.8 Å². The van der Waals surface area contributed by atoms with Crippen LogP contribution in [0.1, 0.15) is 34.3 Å². The van der Waals surface area contributed by atoms with Gasteiger partial charge in [0.05, 0.1) is 0 Å². The zero-order valence-corrected chi connectivity index (χ0v) is 11.3. The molecule has 1 heterocycles. The topological polar surface area (TPSA) is 32.3 Å². The summed E-state index contributed by atoms with van der Waals surface area (Å²) < 4.78 is 0. The Hall–Kier alpha value is -1.35. The number of hydrogen-bond acceptors (Lipinski definition) is 2. The summed E-state index contributed by atoms with van der Waals surface area (Å²) in [6.45, 7) is 7.87. The van der Waals surface area contributed by atoms with Gasteiger partial charge in [-0.25, -0.2) is 0 Å². The van der Waals surface area contributed by atoms with Crippen LogP contribution in [0.3, 0.4) is 0 Å². The maximum absolute atomic E-state index is 12.4. The SMILES string of the molecule is Cc1ccc(C(=O)N2CCCNCCC2)cc1C. The number of nitrogens with one attached hydrogen (secondary N) is 1. The van der Waals surface area contributed by atoms with Gasteiger partial charge in [-0.15, -0.1) is 0 Å². The smallest absolute Gasteiger partial charge is 0.253 e. The lowest BCUT2D eigenvalue weighted by molar-refractivity contribution is 0.0745. The van der Waals surface area contributed by atoms with E-state index in [4.69, 9.17) is 0 Å². The maximum atomic E-state index is 12.4. The summed E-state index contributed by atoms with van der Waals surface area (Å²) in [6, 6.07) is 5.99. The fourth-order valence-electron chi connectivity index (χ4n) is 2.29. The number of carbonyl (C=O) groups is 1. The molecule has 0 unspecified atom stereocenters. The van der Waals surface area contributed by atoms with E-state index in [1.807, 2.05) is 23.1 Å². The van der Waals surface area contributed by atoms with Crippen molar-refractivity contribution in [1.29, 1.82) is 0 Å². The number of amides is 1. The summed E-state index contributed by atoms with van der Waals surface area (Å²) in [5, 5.41) is 3.37. The first kappa shape index (κ1) is 13.1. The van der Waals surface area contributed by atoms with Crippen LogP contribution in [0.5, 0.6) is 0 Å². The summed E-state index contributed by atoms with van der Waals surface area (Å²) in [5.74, 6) is 0.181. The van der Waals surface area contributed by atoms with Crippen molar-refractivity contribution in [2.75, 3.05) is 26.2 Å². The number of benzene rings is 1. The molecule has 1 aromatic rings. The van der Waals surface area contributed by atoms with E-state index in [1.54, 1.807) is 0 Å². The average molecular weight is 246 g/mol. The van der Waals surface area contributed by atoms with Gasteiger partial charge in [0.1, 0.15) is 0 Å². The minimum absolute atomic E-state index is 0.181. The fraction of sp³-hybridized carbons (Fsp3) is 0.533. The van der Waals surface area contributed by atoms with Crippen LogP contribution in [0.15, 0.2) is 18.2 Å². The molecule has 0 bridgehead atoms. The highest BCUT2D eigenvalue weighted by molar-refractivity contribution is 5.94. The first-order valence-corrected chi connectivity index (χ1v) is 6.76. The highest BCUT2D eigenvalue weighted by Gasteiger charge is 2.16. The van der Waals surface area contributed by atoms with Gasteiger partial charge in [-0.05, 0) is 63.0 Å². The minimum atomic E-state index is 0.181. The molecule has 1 aromatic carbocycles. The molecule has 1 amide bonds. The standard InChI is InChI=1S/C15H22N2O/c1-12-5-6-14(11-13(12)2)15(18)17-9-3-7-16-8-4-10-17/h5-6,11,16H,3-4,7-10H2,1-2H3. The van der Waals surface area contributed by atoms with E-state index in [2.05, 4.69) is 19.2 Å². The molecule has 1 N–H and O–H groups in total. The largest absolute Gasteiger partial charge is 0.339 e. The maximum Gasteiger partial charge on any atom is 0.253 e. The molecule has 0 spiro atoms. The molecular weight excluding hydrogens is 224 g/mol. The highest BCUT2D eigenvalue weighted by Crippen LogP contribution is 2.13. The predicted molar refractivity (Wildman–Crippen MR) is 73.9 cm³/mol. The molecule has 0 aromatic heterocycles. The van der Waals surface area contributed by atoms with E-state index in [0.29, 0.717) is 0 Å². The van der Waals surface area contributed by atoms with Crippen molar-refractivity contribution in [3.05, 3.63) is 34.9 Å². The van der Waals surface area contributed by atoms with Crippen molar-refractivity contribution in [2.24, 2.45) is 0 Å². The van der Waals surface area contributed by atoms with E-state index in [9.17, 15) is 4.79 Å². The second kappa shape index (κ2) is 6.01. The van der Waals surface area contributed by atoms with E-state index in [-0.39, 0.29) is 5.91 Å². The average Bonchev–Trinajstić information content (AvgIpc) is 2.31. The van der Waals surface area contributed by atoms with Gasteiger partial charge in [0.15, 0.2) is 0 Å². The van der Waals surface area contributed by atoms with Crippen molar-refractivity contribution in [3.8, 4) is 0 Å². The third-order valence-electron chi connectivity index (χ3n) is 3.60. The summed E-state index contributed by atoms with van der Waals surface area (Å²) in [5.41, 5.74) is 3.25. The van der Waals surface area contributed by atoms with E-state index in [0.717, 1.165) is 44.6 Å². The van der Waals surface area contributed by atoms with Crippen LogP contribution in [0.2, 0.25) is 0 Å². The third-order valence-corrected chi connectivity index (χ3v) is 3.60. The zero-order chi connectivity index (χ0) is 13.0. The van der Waals surface area contributed by atoms with E-state index < -0.39 is 0 Å². The molecule has 1 aliphatic rings. The van der Waals surface area contributed by atoms with Crippen molar-refractivity contribution in [3.63, 3.8) is 0 Å². The van der Waals surface area contributed by atoms with Gasteiger partial charge < -0.3 is 10.2 Å². The first-order valence-electron chi connectivity index (χ1n) is 6.76. The molecule has 18 heavy (non-hydrogen) atoms. The van der Waals surface area contributed by atoms with Crippen molar-refractivity contribution >= 4 is 5.91 Å². The highest BCUT2D eigenvalue weighted by atomic mass is 16.2. The van der Waals surface area contributed by atoms with Crippen molar-refractivity contribution in [1.82, 2.24) is 10.2 Å². The van der Waals surface area contributed by atoms with Gasteiger partial charge in [0, 0.05) is 18.7 Å². The lowest BCUT2D eigenvalue weighted by Crippen LogP contribution is -2.38. The lowest BCUT2D eigenvalue weighted by Gasteiger charge is -2.25. The molecule has 98 valence electrons. The Balaban J connectivity index is 2.10. The van der Waals surface area contributed by atoms with Crippen LogP contribution in [0.4, 0.5) is 0 Å². The molecule has 0 aliphatic carbocycles. The number of aryl methyl sites for hydroxylation is 2. The van der Waals surface area contributed by atoms with Gasteiger partial charge in [-0.1, -0.05) is 6.07 Å². The van der Waals surface area contributed by atoms with Gasteiger partial charge in [-0.3, -0.25) is 4.79 Å². The van der Waals surface area contributed by atoms with Crippen LogP contribution >= 0.6 is 0 Å². The summed E-state index contributed by atoms with van der Waals surface area (Å²) >= 11 is 0. The Morgan fingerprint density at radius 1 is 1.11 bits per heavy atom. The molecule has 1 saturated heterocycles. The third kappa shape index (κ3) is 3.10. The van der Waals surface area contributed by atoms with E-state index >= 15 is 0 Å². The molecule has 0 radical (unpaired) electrons. The molecule has 1 aliphatic heterocycles. The van der Waals surface area contributed by atoms with Crippen LogP contribution in [-0.2, 0) is 0 Å². The normalized spacial score (nSPS) is 17.1. The number of hydrogen-bond donors (Lipinski definition) is 1. The minimum Gasteiger partial charge on any atom is -0.339 e. The fourth-order valence-corrected chi connectivity index (χ4v) is 2.29. The van der Waals surface area contributed by atoms with Gasteiger partial charge >= 0.3 is 0 Å². The molecule has 2 rings (SSSR count). The van der Waals surface area contributed by atoms with E-state index in [1.165, 1.54) is 11.1 Å². The Labute approximate surface area is 109 Å². The molecule has 1 fully saturated rings. The Morgan fingerprint density at radius 2 is 1.78 bits per heavy atom. The molecule has 0 atom stereocenters. The second-order valence-corrected chi connectivity index (χ2v) is 5.05. The van der Waals surface area contributed by atoms with Crippen LogP contribution in [-0.4, -0.2) is 37.0 Å². The molecule has 3 heteroatoms. The second-order valence-electron chi connectivity index (χ2n) is 5.05. The summed E-state index contributed by atoms with van der Waals surface area (Å²) in [7, 11) is 0. The quantitative estimate of drug-likeness (QED) is 0.823. The van der Waals surface area contributed by atoms with Crippen LogP contribution < -0.4 is 5.32 Å². The lowest BCUT2D eigenvalue weighted by atomic mass is 10.1. The van der Waals surface area contributed by atoms with Gasteiger partial charge in [-0.2, -0.15) is 0 Å². The van der Waals surface area contributed by atoms with Crippen molar-refractivity contribution in [2.45, 2.75) is 26.7 Å². The first-order chi connectivity index (χ1) is 8.68. The number of rotatable bonds is 1. The Bertz CT molecular complexity index is 421. The molecule has 0 saturated carbocycles. The van der Waals surface area contributed by atoms with Gasteiger partial charge in [0.2, 0.25) is 0 Å². The molecule has 3 nitrogen and oxygen atoms in total. The summed E-state index contributed by atoms with van der Waals surface area (Å²) in [4.78, 5) is 14.4. The van der Waals surface area contributed by atoms with Crippen LogP contribution in [0.25, 0.3) is 0 Å². The summed E-state index contributed by atoms with van der Waals surface area (Å²) in [6.07, 6.45) is 2.08. The van der Waals surface area contributed by atoms with Crippen molar-refractivity contribution < 1.29 is 4.79 Å². The Kier molecular flexibility index (Phi) is 4.37. The monoisotopic (exact) mass is 246 g/mol. The predicted octanol–water partition coefficient (Wildman–Crippen LogP) is 2.13.